The van der Waals surface area contributed by atoms with Crippen LogP contribution in [0.5, 0.6) is 17.2 Å². The van der Waals surface area contributed by atoms with Crippen molar-refractivity contribution in [2.45, 2.75) is 46.6 Å². The van der Waals surface area contributed by atoms with Crippen molar-refractivity contribution < 1.29 is 17.9 Å². The average Bonchev–Trinajstić information content (AvgIpc) is 2.93. The zero-order chi connectivity index (χ0) is 27.5. The van der Waals surface area contributed by atoms with Crippen molar-refractivity contribution in [3.05, 3.63) is 113 Å². The van der Waals surface area contributed by atoms with Gasteiger partial charge in [-0.3, -0.25) is 0 Å². The molecule has 0 aliphatic rings. The van der Waals surface area contributed by atoms with Gasteiger partial charge in [-0.2, -0.15) is 0 Å². The van der Waals surface area contributed by atoms with Gasteiger partial charge in [0.05, 0.1) is 16.9 Å². The maximum atomic E-state index is 13.6. The molecule has 0 heterocycles. The van der Waals surface area contributed by atoms with Gasteiger partial charge in [-0.05, 0) is 77.7 Å². The number of hydrogen-bond donors (Lipinski definition) is 0. The molecule has 0 saturated heterocycles. The van der Waals surface area contributed by atoms with Gasteiger partial charge in [-0.1, -0.05) is 87.7 Å². The fourth-order valence-corrected chi connectivity index (χ4v) is 7.41. The summed E-state index contributed by atoms with van der Waals surface area (Å²) in [5.41, 5.74) is 4.53. The van der Waals surface area contributed by atoms with Crippen molar-refractivity contribution in [1.29, 1.82) is 0 Å². The number of aryl methyl sites for hydroxylation is 1. The normalized spacial score (nSPS) is 11.8. The number of sulfone groups is 1. The molecule has 0 saturated carbocycles. The number of hydrogen-bond acceptors (Lipinski definition) is 4. The van der Waals surface area contributed by atoms with Crippen molar-refractivity contribution >= 4 is 41.7 Å². The third-order valence-corrected chi connectivity index (χ3v) is 9.90. The second-order valence-electron chi connectivity index (χ2n) is 9.63. The number of halogens is 2. The Morgan fingerprint density at radius 2 is 1.16 bits per heavy atom. The average molecular weight is 658 g/mol. The molecule has 4 aromatic rings. The molecule has 4 rings (SSSR count). The van der Waals surface area contributed by atoms with Gasteiger partial charge in [0.1, 0.15) is 17.2 Å². The first kappa shape index (κ1) is 28.4. The Labute approximate surface area is 242 Å². The summed E-state index contributed by atoms with van der Waals surface area (Å²) in [5.74, 6) is 2.08. The third kappa shape index (κ3) is 5.85. The molecule has 0 aliphatic heterocycles. The molecule has 0 spiro atoms. The van der Waals surface area contributed by atoms with E-state index in [4.69, 9.17) is 9.47 Å². The number of ether oxygens (including phenoxy) is 2. The van der Waals surface area contributed by atoms with Gasteiger partial charge in [0, 0.05) is 16.1 Å². The summed E-state index contributed by atoms with van der Waals surface area (Å²) >= 11 is 6.89. The maximum absolute atomic E-state index is 13.6. The Kier molecular flexibility index (Phi) is 8.70. The van der Waals surface area contributed by atoms with E-state index in [9.17, 15) is 8.42 Å². The molecule has 4 nitrogen and oxygen atoms in total. The molecule has 0 N–H and O–H groups in total. The second kappa shape index (κ2) is 11.6. The Hall–Kier alpha value is -2.61. The van der Waals surface area contributed by atoms with Crippen LogP contribution in [0, 0.1) is 6.92 Å². The SMILES string of the molecule is COc1ccc(C(C)(C)c2ccc(Oc3ccc(S(=O)(=O)c4ccc(C)cc4CBr)c(CBr)c3)cc2)cc1. The molecule has 0 aliphatic carbocycles. The molecule has 0 unspecified atom stereocenters. The minimum Gasteiger partial charge on any atom is -0.497 e. The van der Waals surface area contributed by atoms with Crippen LogP contribution in [0.2, 0.25) is 0 Å². The second-order valence-corrected chi connectivity index (χ2v) is 12.6. The molecule has 4 aromatic carbocycles. The lowest BCUT2D eigenvalue weighted by atomic mass is 9.78. The van der Waals surface area contributed by atoms with Crippen LogP contribution in [0.4, 0.5) is 0 Å². The highest BCUT2D eigenvalue weighted by atomic mass is 79.9. The molecule has 0 bridgehead atoms. The predicted octanol–water partition coefficient (Wildman–Crippen LogP) is 8.74. The van der Waals surface area contributed by atoms with Crippen LogP contribution in [0.3, 0.4) is 0 Å². The van der Waals surface area contributed by atoms with E-state index in [2.05, 4.69) is 70.0 Å². The van der Waals surface area contributed by atoms with Crippen LogP contribution < -0.4 is 9.47 Å². The van der Waals surface area contributed by atoms with E-state index in [1.807, 2.05) is 43.3 Å². The molecule has 38 heavy (non-hydrogen) atoms. The van der Waals surface area contributed by atoms with Crippen LogP contribution in [0.25, 0.3) is 0 Å². The quantitative estimate of drug-likeness (QED) is 0.169. The standard InChI is InChI=1S/C31H30Br2O4S/c1-21-5-15-29(22(17-21)19-32)38(34,35)30-16-14-28(18-23(30)20-33)37-27-12-8-25(9-13-27)31(2,3)24-6-10-26(36-4)11-7-24/h5-18H,19-20H2,1-4H3. The molecule has 0 radical (unpaired) electrons. The van der Waals surface area contributed by atoms with Crippen LogP contribution >= 0.6 is 31.9 Å². The fourth-order valence-electron chi connectivity index (χ4n) is 4.43. The van der Waals surface area contributed by atoms with E-state index in [-0.39, 0.29) is 10.3 Å². The summed E-state index contributed by atoms with van der Waals surface area (Å²) in [6.45, 7) is 6.31. The smallest absolute Gasteiger partial charge is 0.207 e. The van der Waals surface area contributed by atoms with Crippen molar-refractivity contribution in [3.8, 4) is 17.2 Å². The van der Waals surface area contributed by atoms with E-state index in [0.717, 1.165) is 22.4 Å². The van der Waals surface area contributed by atoms with E-state index in [1.165, 1.54) is 5.56 Å². The predicted molar refractivity (Wildman–Crippen MR) is 160 cm³/mol. The third-order valence-electron chi connectivity index (χ3n) is 6.74. The van der Waals surface area contributed by atoms with Crippen molar-refractivity contribution in [1.82, 2.24) is 0 Å². The fraction of sp³-hybridized carbons (Fsp3) is 0.226. The van der Waals surface area contributed by atoms with Crippen LogP contribution in [0.1, 0.15) is 41.7 Å². The van der Waals surface area contributed by atoms with Crippen molar-refractivity contribution in [3.63, 3.8) is 0 Å². The van der Waals surface area contributed by atoms with E-state index < -0.39 is 9.84 Å². The first-order valence-electron chi connectivity index (χ1n) is 12.1. The minimum absolute atomic E-state index is 0.200. The lowest BCUT2D eigenvalue weighted by Gasteiger charge is -2.26. The summed E-state index contributed by atoms with van der Waals surface area (Å²) in [7, 11) is -2.04. The monoisotopic (exact) mass is 656 g/mol. The zero-order valence-electron chi connectivity index (χ0n) is 21.8. The van der Waals surface area contributed by atoms with Crippen molar-refractivity contribution in [2.75, 3.05) is 7.11 Å². The van der Waals surface area contributed by atoms with E-state index >= 15 is 0 Å². The number of rotatable bonds is 9. The number of benzene rings is 4. The molecule has 0 fully saturated rings. The lowest BCUT2D eigenvalue weighted by Crippen LogP contribution is -2.18. The van der Waals surface area contributed by atoms with Gasteiger partial charge < -0.3 is 9.47 Å². The van der Waals surface area contributed by atoms with Gasteiger partial charge in [0.2, 0.25) is 9.84 Å². The number of alkyl halides is 2. The lowest BCUT2D eigenvalue weighted by molar-refractivity contribution is 0.414. The summed E-state index contributed by atoms with van der Waals surface area (Å²) in [6.07, 6.45) is 0. The first-order chi connectivity index (χ1) is 18.1. The van der Waals surface area contributed by atoms with Gasteiger partial charge in [0.25, 0.3) is 0 Å². The summed E-state index contributed by atoms with van der Waals surface area (Å²) in [5, 5.41) is 0.836. The van der Waals surface area contributed by atoms with Crippen LogP contribution in [-0.2, 0) is 25.9 Å². The van der Waals surface area contributed by atoms with E-state index in [0.29, 0.717) is 32.6 Å². The highest BCUT2D eigenvalue weighted by molar-refractivity contribution is 9.08. The minimum atomic E-state index is -3.71. The Bertz CT molecular complexity index is 1530. The van der Waals surface area contributed by atoms with Gasteiger partial charge in [0.15, 0.2) is 0 Å². The number of methoxy groups -OCH3 is 1. The van der Waals surface area contributed by atoms with Crippen LogP contribution in [0.15, 0.2) is 94.7 Å². The maximum Gasteiger partial charge on any atom is 0.207 e. The topological polar surface area (TPSA) is 52.6 Å². The molecular weight excluding hydrogens is 628 g/mol. The Morgan fingerprint density at radius 3 is 1.68 bits per heavy atom. The Balaban J connectivity index is 1.58. The molecule has 0 atom stereocenters. The zero-order valence-corrected chi connectivity index (χ0v) is 25.8. The molecule has 198 valence electrons. The summed E-state index contributed by atoms with van der Waals surface area (Å²) < 4.78 is 38.5. The largest absolute Gasteiger partial charge is 0.497 e. The molecule has 0 aromatic heterocycles. The summed E-state index contributed by atoms with van der Waals surface area (Å²) in [4.78, 5) is 0.579. The molecular formula is C31H30Br2O4S. The van der Waals surface area contributed by atoms with Gasteiger partial charge >= 0.3 is 0 Å². The van der Waals surface area contributed by atoms with Gasteiger partial charge in [-0.25, -0.2) is 8.42 Å². The van der Waals surface area contributed by atoms with Gasteiger partial charge in [-0.15, -0.1) is 0 Å². The Morgan fingerprint density at radius 1 is 0.684 bits per heavy atom. The highest BCUT2D eigenvalue weighted by Gasteiger charge is 2.25. The van der Waals surface area contributed by atoms with Crippen LogP contribution in [-0.4, -0.2) is 15.5 Å². The first-order valence-corrected chi connectivity index (χ1v) is 15.8. The molecule has 7 heteroatoms. The summed E-state index contributed by atoms with van der Waals surface area (Å²) in [6, 6.07) is 26.6. The van der Waals surface area contributed by atoms with E-state index in [1.54, 1.807) is 31.4 Å². The molecule has 0 amide bonds. The highest BCUT2D eigenvalue weighted by Crippen LogP contribution is 2.36. The van der Waals surface area contributed by atoms with Crippen molar-refractivity contribution in [2.24, 2.45) is 0 Å².